The smallest absolute Gasteiger partial charge is 0.224 e. The lowest BCUT2D eigenvalue weighted by molar-refractivity contribution is 0.950. The second kappa shape index (κ2) is 6.71. The largest absolute Gasteiger partial charge is 0.354 e. The van der Waals surface area contributed by atoms with E-state index in [0.29, 0.717) is 17.3 Å². The molecule has 0 bridgehead atoms. The Bertz CT molecular complexity index is 673. The summed E-state index contributed by atoms with van der Waals surface area (Å²) in [4.78, 5) is 8.72. The molecule has 0 unspecified atom stereocenters. The molecule has 2 rings (SSSR count). The van der Waals surface area contributed by atoms with Crippen LogP contribution in [-0.2, 0) is 0 Å². The van der Waals surface area contributed by atoms with E-state index in [1.54, 1.807) is 6.20 Å². The summed E-state index contributed by atoms with van der Waals surface area (Å²) < 4.78 is 0. The Morgan fingerprint density at radius 3 is 2.76 bits per heavy atom. The summed E-state index contributed by atoms with van der Waals surface area (Å²) in [5.41, 5.74) is 3.28. The van der Waals surface area contributed by atoms with Crippen molar-refractivity contribution in [2.75, 3.05) is 17.2 Å². The molecular weight excluding hydrogens is 262 g/mol. The molecule has 0 saturated heterocycles. The first-order chi connectivity index (χ1) is 10.2. The van der Waals surface area contributed by atoms with Gasteiger partial charge in [-0.1, -0.05) is 19.1 Å². The van der Waals surface area contributed by atoms with Crippen LogP contribution in [0.4, 0.5) is 17.5 Å². The van der Waals surface area contributed by atoms with Crippen LogP contribution < -0.4 is 10.6 Å². The van der Waals surface area contributed by atoms with E-state index in [0.717, 1.165) is 29.8 Å². The van der Waals surface area contributed by atoms with Crippen molar-refractivity contribution in [3.63, 3.8) is 0 Å². The highest BCUT2D eigenvalue weighted by Gasteiger charge is 2.08. The number of rotatable bonds is 5. The van der Waals surface area contributed by atoms with Gasteiger partial charge in [0.25, 0.3) is 0 Å². The van der Waals surface area contributed by atoms with E-state index in [-0.39, 0.29) is 0 Å². The summed E-state index contributed by atoms with van der Waals surface area (Å²) in [6.45, 7) is 6.78. The Kier molecular flexibility index (Phi) is 4.72. The maximum atomic E-state index is 9.28. The van der Waals surface area contributed by atoms with Crippen LogP contribution in [0.5, 0.6) is 0 Å². The molecule has 0 amide bonds. The summed E-state index contributed by atoms with van der Waals surface area (Å²) >= 11 is 0. The van der Waals surface area contributed by atoms with Gasteiger partial charge in [-0.3, -0.25) is 0 Å². The van der Waals surface area contributed by atoms with Crippen molar-refractivity contribution in [2.24, 2.45) is 0 Å². The normalized spacial score (nSPS) is 10.0. The molecule has 108 valence electrons. The number of anilines is 3. The molecular formula is C16H19N5. The maximum Gasteiger partial charge on any atom is 0.224 e. The van der Waals surface area contributed by atoms with Gasteiger partial charge in [-0.15, -0.1) is 0 Å². The van der Waals surface area contributed by atoms with Crippen LogP contribution in [0.25, 0.3) is 0 Å². The van der Waals surface area contributed by atoms with Gasteiger partial charge in [-0.25, -0.2) is 4.98 Å². The van der Waals surface area contributed by atoms with Crippen LogP contribution in [0.1, 0.15) is 30.0 Å². The Hall–Kier alpha value is -2.61. The van der Waals surface area contributed by atoms with Gasteiger partial charge in [0.05, 0.1) is 11.3 Å². The SMILES string of the molecule is CCCNc1ncc(C)c(Nc2cccc(C)c2C#N)n1. The standard InChI is InChI=1S/C16H19N5/c1-4-8-18-16-19-10-12(3)15(21-16)20-14-7-5-6-11(2)13(14)9-17/h5-7,10H,4,8H2,1-3H3,(H2,18,19,20,21). The van der Waals surface area contributed by atoms with Crippen LogP contribution in [-0.4, -0.2) is 16.5 Å². The van der Waals surface area contributed by atoms with E-state index in [1.165, 1.54) is 0 Å². The van der Waals surface area contributed by atoms with Crippen molar-refractivity contribution in [1.82, 2.24) is 9.97 Å². The molecule has 0 atom stereocenters. The number of nitrogens with one attached hydrogen (secondary N) is 2. The molecule has 0 radical (unpaired) electrons. The molecule has 2 aromatic rings. The monoisotopic (exact) mass is 281 g/mol. The predicted octanol–water partition coefficient (Wildman–Crippen LogP) is 3.53. The second-order valence-electron chi connectivity index (χ2n) is 4.89. The summed E-state index contributed by atoms with van der Waals surface area (Å²) in [7, 11) is 0. The van der Waals surface area contributed by atoms with E-state index < -0.39 is 0 Å². The number of hydrogen-bond donors (Lipinski definition) is 2. The van der Waals surface area contributed by atoms with E-state index in [4.69, 9.17) is 0 Å². The minimum Gasteiger partial charge on any atom is -0.354 e. The quantitative estimate of drug-likeness (QED) is 0.877. The first kappa shape index (κ1) is 14.8. The molecule has 0 spiro atoms. The fourth-order valence-electron chi connectivity index (χ4n) is 1.94. The molecule has 0 fully saturated rings. The summed E-state index contributed by atoms with van der Waals surface area (Å²) in [6, 6.07) is 7.96. The predicted molar refractivity (Wildman–Crippen MR) is 84.7 cm³/mol. The second-order valence-corrected chi connectivity index (χ2v) is 4.89. The molecule has 1 aromatic carbocycles. The number of hydrogen-bond acceptors (Lipinski definition) is 5. The van der Waals surface area contributed by atoms with Crippen molar-refractivity contribution in [3.8, 4) is 6.07 Å². The number of nitrogens with zero attached hydrogens (tertiary/aromatic N) is 3. The third-order valence-corrected chi connectivity index (χ3v) is 3.14. The summed E-state index contributed by atoms with van der Waals surface area (Å²) in [5, 5.41) is 15.7. The number of aryl methyl sites for hydroxylation is 2. The average molecular weight is 281 g/mol. The maximum absolute atomic E-state index is 9.28. The number of nitriles is 1. The van der Waals surface area contributed by atoms with Gasteiger partial charge in [0, 0.05) is 18.3 Å². The Balaban J connectivity index is 2.31. The minimum atomic E-state index is 0.594. The summed E-state index contributed by atoms with van der Waals surface area (Å²) in [6.07, 6.45) is 2.78. The molecule has 0 aliphatic rings. The van der Waals surface area contributed by atoms with Gasteiger partial charge in [0.2, 0.25) is 5.95 Å². The molecule has 0 saturated carbocycles. The highest BCUT2D eigenvalue weighted by atomic mass is 15.1. The van der Waals surface area contributed by atoms with Gasteiger partial charge in [-0.05, 0) is 31.9 Å². The van der Waals surface area contributed by atoms with Crippen LogP contribution >= 0.6 is 0 Å². The lowest BCUT2D eigenvalue weighted by Crippen LogP contribution is -2.07. The molecule has 1 heterocycles. The lowest BCUT2D eigenvalue weighted by Gasteiger charge is -2.12. The van der Waals surface area contributed by atoms with Crippen molar-refractivity contribution < 1.29 is 0 Å². The highest BCUT2D eigenvalue weighted by molar-refractivity contribution is 5.68. The molecule has 21 heavy (non-hydrogen) atoms. The molecule has 2 N–H and O–H groups in total. The zero-order chi connectivity index (χ0) is 15.2. The first-order valence-corrected chi connectivity index (χ1v) is 7.00. The van der Waals surface area contributed by atoms with Gasteiger partial charge in [0.1, 0.15) is 11.9 Å². The fraction of sp³-hybridized carbons (Fsp3) is 0.312. The van der Waals surface area contributed by atoms with E-state index in [9.17, 15) is 5.26 Å². The number of aromatic nitrogens is 2. The third kappa shape index (κ3) is 3.48. The Morgan fingerprint density at radius 2 is 2.05 bits per heavy atom. The third-order valence-electron chi connectivity index (χ3n) is 3.14. The van der Waals surface area contributed by atoms with Crippen LogP contribution in [0, 0.1) is 25.2 Å². The van der Waals surface area contributed by atoms with Crippen molar-refractivity contribution >= 4 is 17.5 Å². The topological polar surface area (TPSA) is 73.6 Å². The fourth-order valence-corrected chi connectivity index (χ4v) is 1.94. The van der Waals surface area contributed by atoms with Crippen molar-refractivity contribution in [2.45, 2.75) is 27.2 Å². The van der Waals surface area contributed by atoms with E-state index in [2.05, 4.69) is 33.6 Å². The molecule has 5 heteroatoms. The van der Waals surface area contributed by atoms with E-state index in [1.807, 2.05) is 32.0 Å². The first-order valence-electron chi connectivity index (χ1n) is 7.00. The summed E-state index contributed by atoms with van der Waals surface area (Å²) in [5.74, 6) is 1.31. The van der Waals surface area contributed by atoms with Crippen LogP contribution in [0.2, 0.25) is 0 Å². The van der Waals surface area contributed by atoms with Crippen LogP contribution in [0.15, 0.2) is 24.4 Å². The molecule has 0 aliphatic heterocycles. The zero-order valence-corrected chi connectivity index (χ0v) is 12.6. The van der Waals surface area contributed by atoms with Crippen molar-refractivity contribution in [1.29, 1.82) is 5.26 Å². The van der Waals surface area contributed by atoms with Gasteiger partial charge >= 0.3 is 0 Å². The van der Waals surface area contributed by atoms with Gasteiger partial charge in [-0.2, -0.15) is 10.2 Å². The molecule has 0 aliphatic carbocycles. The lowest BCUT2D eigenvalue weighted by atomic mass is 10.1. The van der Waals surface area contributed by atoms with Crippen LogP contribution in [0.3, 0.4) is 0 Å². The zero-order valence-electron chi connectivity index (χ0n) is 12.6. The minimum absolute atomic E-state index is 0.594. The average Bonchev–Trinajstić information content (AvgIpc) is 2.48. The van der Waals surface area contributed by atoms with E-state index >= 15 is 0 Å². The molecule has 1 aromatic heterocycles. The van der Waals surface area contributed by atoms with Crippen molar-refractivity contribution in [3.05, 3.63) is 41.1 Å². The van der Waals surface area contributed by atoms with Gasteiger partial charge in [0.15, 0.2) is 0 Å². The Labute approximate surface area is 125 Å². The highest BCUT2D eigenvalue weighted by Crippen LogP contribution is 2.24. The molecule has 5 nitrogen and oxygen atoms in total. The van der Waals surface area contributed by atoms with Gasteiger partial charge < -0.3 is 10.6 Å². The number of benzene rings is 1. The Morgan fingerprint density at radius 1 is 1.24 bits per heavy atom.